The lowest BCUT2D eigenvalue weighted by Gasteiger charge is -2.26. The molecule has 0 atom stereocenters. The first-order valence-corrected chi connectivity index (χ1v) is 10.4. The SMILES string of the molecule is OP(O)(Cl)=S(C1CCCC1)C1CCCC1. The van der Waals surface area contributed by atoms with E-state index in [4.69, 9.17) is 11.2 Å². The van der Waals surface area contributed by atoms with Crippen LogP contribution in [0.3, 0.4) is 0 Å². The summed E-state index contributed by atoms with van der Waals surface area (Å²) in [6.07, 6.45) is 9.64. The maximum atomic E-state index is 9.84. The van der Waals surface area contributed by atoms with Crippen molar-refractivity contribution in [1.82, 2.24) is 0 Å². The molecule has 0 aromatic carbocycles. The minimum atomic E-state index is -3.12. The summed E-state index contributed by atoms with van der Waals surface area (Å²) in [7, 11) is -0.305. The summed E-state index contributed by atoms with van der Waals surface area (Å²) in [4.78, 5) is 19.7. The minimum Gasteiger partial charge on any atom is -0.338 e. The fraction of sp³-hybridized carbons (Fsp3) is 1.00. The Hall–Kier alpha value is 0.990. The second-order valence-electron chi connectivity index (χ2n) is 4.63. The van der Waals surface area contributed by atoms with Crippen molar-refractivity contribution in [3.8, 4) is 0 Å². The van der Waals surface area contributed by atoms with Crippen LogP contribution in [-0.4, -0.2) is 20.3 Å². The first-order valence-electron chi connectivity index (χ1n) is 5.86. The maximum absolute atomic E-state index is 9.84. The minimum absolute atomic E-state index is 0.305. The molecule has 0 aliphatic heterocycles. The Balaban J connectivity index is 2.23. The molecule has 2 aliphatic carbocycles. The van der Waals surface area contributed by atoms with E-state index in [0.29, 0.717) is 10.5 Å². The molecule has 5 heteroatoms. The van der Waals surface area contributed by atoms with Crippen molar-refractivity contribution in [2.24, 2.45) is 0 Å². The lowest BCUT2D eigenvalue weighted by atomic mass is 10.4. The number of hydrogen-bond donors (Lipinski definition) is 2. The van der Waals surface area contributed by atoms with Crippen molar-refractivity contribution in [2.45, 2.75) is 61.9 Å². The van der Waals surface area contributed by atoms with Crippen molar-refractivity contribution in [3.05, 3.63) is 0 Å². The van der Waals surface area contributed by atoms with Crippen LogP contribution in [0.15, 0.2) is 0 Å². The molecule has 0 aromatic heterocycles. The molecule has 2 rings (SSSR count). The van der Waals surface area contributed by atoms with Crippen LogP contribution in [0.1, 0.15) is 51.4 Å². The monoisotopic (exact) mass is 270 g/mol. The molecule has 2 saturated carbocycles. The second kappa shape index (κ2) is 5.10. The van der Waals surface area contributed by atoms with Crippen LogP contribution in [0.5, 0.6) is 0 Å². The number of halogens is 1. The molecule has 2 fully saturated rings. The zero-order valence-electron chi connectivity index (χ0n) is 8.94. The van der Waals surface area contributed by atoms with Gasteiger partial charge in [0.25, 0.3) is 0 Å². The lowest BCUT2D eigenvalue weighted by Crippen LogP contribution is -2.22. The van der Waals surface area contributed by atoms with Gasteiger partial charge in [-0.2, -0.15) is 0 Å². The van der Waals surface area contributed by atoms with Gasteiger partial charge in [0.15, 0.2) is 0 Å². The summed E-state index contributed by atoms with van der Waals surface area (Å²) in [5.41, 5.74) is 0. The molecule has 0 spiro atoms. The molecule has 2 aliphatic rings. The van der Waals surface area contributed by atoms with Crippen LogP contribution in [-0.2, 0) is 10.1 Å². The fourth-order valence-electron chi connectivity index (χ4n) is 2.91. The van der Waals surface area contributed by atoms with Gasteiger partial charge in [-0.25, -0.2) is 0 Å². The van der Waals surface area contributed by atoms with Gasteiger partial charge in [0.1, 0.15) is 0 Å². The van der Waals surface area contributed by atoms with Gasteiger partial charge < -0.3 is 9.79 Å². The molecule has 0 amide bonds. The standard InChI is InChI=1S/C10H20ClO2PS/c11-14(12,13)15(9-5-1-2-6-9)10-7-3-4-8-10/h9-10,12-13H,1-8H2. The van der Waals surface area contributed by atoms with Crippen molar-refractivity contribution in [1.29, 1.82) is 0 Å². The summed E-state index contributed by atoms with van der Waals surface area (Å²) in [6, 6.07) is 0. The van der Waals surface area contributed by atoms with Crippen LogP contribution in [0.2, 0.25) is 0 Å². The highest BCUT2D eigenvalue weighted by Crippen LogP contribution is 2.53. The van der Waals surface area contributed by atoms with E-state index >= 15 is 0 Å². The second-order valence-corrected chi connectivity index (χ2v) is 12.4. The van der Waals surface area contributed by atoms with Gasteiger partial charge in [0, 0.05) is 10.5 Å². The quantitative estimate of drug-likeness (QED) is 0.755. The van der Waals surface area contributed by atoms with Crippen LogP contribution in [0.25, 0.3) is 0 Å². The molecule has 2 nitrogen and oxygen atoms in total. The van der Waals surface area contributed by atoms with Crippen LogP contribution in [0.4, 0.5) is 0 Å². The summed E-state index contributed by atoms with van der Waals surface area (Å²) in [5.74, 6) is -3.12. The van der Waals surface area contributed by atoms with E-state index in [1.807, 2.05) is 0 Å². The van der Waals surface area contributed by atoms with Gasteiger partial charge in [0.2, 0.25) is 5.84 Å². The smallest absolute Gasteiger partial charge is 0.236 e. The van der Waals surface area contributed by atoms with Crippen LogP contribution in [0, 0.1) is 0 Å². The van der Waals surface area contributed by atoms with Gasteiger partial charge in [-0.3, -0.25) is 0 Å². The highest BCUT2D eigenvalue weighted by Gasteiger charge is 2.32. The van der Waals surface area contributed by atoms with E-state index in [-0.39, 0.29) is 10.1 Å². The number of hydrogen-bond acceptors (Lipinski definition) is 0. The fourth-order valence-corrected chi connectivity index (χ4v) is 11.4. The third-order valence-electron chi connectivity index (χ3n) is 3.56. The Morgan fingerprint density at radius 2 is 1.20 bits per heavy atom. The average Bonchev–Trinajstić information content (AvgIpc) is 2.73. The highest BCUT2D eigenvalue weighted by atomic mass is 35.7. The van der Waals surface area contributed by atoms with E-state index in [2.05, 4.69) is 0 Å². The summed E-state index contributed by atoms with van der Waals surface area (Å²) >= 11 is 5.89. The normalized spacial score (nSPS) is 25.6. The largest absolute Gasteiger partial charge is 0.338 e. The third kappa shape index (κ3) is 3.01. The molecule has 90 valence electrons. The molecular formula is C10H20ClO2PS. The predicted molar refractivity (Wildman–Crippen MR) is 69.1 cm³/mol. The van der Waals surface area contributed by atoms with Crippen molar-refractivity contribution < 1.29 is 9.79 Å². The van der Waals surface area contributed by atoms with Crippen molar-refractivity contribution in [2.75, 3.05) is 0 Å². The molecule has 0 aromatic rings. The van der Waals surface area contributed by atoms with E-state index in [0.717, 1.165) is 25.7 Å². The van der Waals surface area contributed by atoms with Gasteiger partial charge >= 0.3 is 0 Å². The Labute approximate surface area is 98.9 Å². The van der Waals surface area contributed by atoms with E-state index in [1.54, 1.807) is 0 Å². The maximum Gasteiger partial charge on any atom is 0.236 e. The first-order chi connectivity index (χ1) is 7.09. The lowest BCUT2D eigenvalue weighted by molar-refractivity contribution is 0.499. The predicted octanol–water partition coefficient (Wildman–Crippen LogP) is 3.39. The molecule has 0 bridgehead atoms. The average molecular weight is 271 g/mol. The van der Waals surface area contributed by atoms with Gasteiger partial charge in [-0.15, -0.1) is 10.1 Å². The van der Waals surface area contributed by atoms with E-state index < -0.39 is 5.84 Å². The Kier molecular flexibility index (Phi) is 4.23. The van der Waals surface area contributed by atoms with E-state index in [1.165, 1.54) is 25.7 Å². The summed E-state index contributed by atoms with van der Waals surface area (Å²) in [6.45, 7) is 0. The topological polar surface area (TPSA) is 40.5 Å². The molecular weight excluding hydrogens is 251 g/mol. The Morgan fingerprint density at radius 3 is 1.47 bits per heavy atom. The summed E-state index contributed by atoms with van der Waals surface area (Å²) in [5, 5.41) is 1.02. The van der Waals surface area contributed by atoms with Crippen LogP contribution >= 0.6 is 17.1 Å². The zero-order chi connectivity index (χ0) is 10.9. The van der Waals surface area contributed by atoms with Crippen molar-refractivity contribution in [3.63, 3.8) is 0 Å². The van der Waals surface area contributed by atoms with Gasteiger partial charge in [-0.1, -0.05) is 25.7 Å². The van der Waals surface area contributed by atoms with Crippen LogP contribution < -0.4 is 0 Å². The Bertz CT molecular complexity index is 251. The van der Waals surface area contributed by atoms with Gasteiger partial charge in [-0.05, 0) is 36.9 Å². The Morgan fingerprint density at radius 1 is 0.867 bits per heavy atom. The molecule has 2 N–H and O–H groups in total. The highest BCUT2D eigenvalue weighted by molar-refractivity contribution is 8.38. The molecule has 0 saturated heterocycles. The van der Waals surface area contributed by atoms with Crippen molar-refractivity contribution >= 4 is 27.2 Å². The molecule has 0 unspecified atom stereocenters. The first kappa shape index (κ1) is 12.4. The number of rotatable bonds is 2. The summed E-state index contributed by atoms with van der Waals surface area (Å²) < 4.78 is 0. The third-order valence-corrected chi connectivity index (χ3v) is 11.2. The molecule has 15 heavy (non-hydrogen) atoms. The molecule has 0 heterocycles. The molecule has 0 radical (unpaired) electrons. The van der Waals surface area contributed by atoms with E-state index in [9.17, 15) is 9.79 Å². The van der Waals surface area contributed by atoms with Gasteiger partial charge in [0.05, 0.1) is 0 Å². The zero-order valence-corrected chi connectivity index (χ0v) is 11.4.